The molecule has 1 saturated heterocycles. The molecular weight excluding hydrogens is 643 g/mol. The smallest absolute Gasteiger partial charge is 0.247 e. The van der Waals surface area contributed by atoms with E-state index in [9.17, 15) is 13.2 Å². The molecule has 1 amide bonds. The lowest BCUT2D eigenvalue weighted by Crippen LogP contribution is -2.50. The van der Waals surface area contributed by atoms with Gasteiger partial charge in [0.15, 0.2) is 15.8 Å². The van der Waals surface area contributed by atoms with Crippen LogP contribution in [0.25, 0.3) is 0 Å². The Morgan fingerprint density at radius 1 is 0.917 bits per heavy atom. The zero-order valence-corrected chi connectivity index (χ0v) is 28.8. The number of nitrogens with two attached hydrogens (primary N) is 1. The van der Waals surface area contributed by atoms with E-state index in [1.54, 1.807) is 30.9 Å². The second-order valence-corrected chi connectivity index (χ2v) is 14.9. The van der Waals surface area contributed by atoms with Crippen LogP contribution in [0.1, 0.15) is 29.0 Å². The van der Waals surface area contributed by atoms with E-state index in [4.69, 9.17) is 10.5 Å². The Morgan fingerprint density at radius 2 is 1.52 bits per heavy atom. The number of aryl methyl sites for hydroxylation is 1. The van der Waals surface area contributed by atoms with Gasteiger partial charge < -0.3 is 26.4 Å². The van der Waals surface area contributed by atoms with Crippen LogP contribution in [0.3, 0.4) is 0 Å². The van der Waals surface area contributed by atoms with Crippen molar-refractivity contribution in [3.8, 4) is 0 Å². The first kappa shape index (κ1) is 35.2. The minimum atomic E-state index is -3.22. The summed E-state index contributed by atoms with van der Waals surface area (Å²) in [6, 6.07) is 34.0. The van der Waals surface area contributed by atoms with Crippen LogP contribution in [0.5, 0.6) is 0 Å². The van der Waals surface area contributed by atoms with Gasteiger partial charge in [-0.15, -0.1) is 11.8 Å². The van der Waals surface area contributed by atoms with Crippen molar-refractivity contribution in [2.24, 2.45) is 10.7 Å². The Hall–Kier alpha value is -4.16. The van der Waals surface area contributed by atoms with Crippen molar-refractivity contribution < 1.29 is 17.9 Å². The Labute approximate surface area is 287 Å². The molecule has 1 heterocycles. The lowest BCUT2D eigenvalue weighted by atomic mass is 9.84. The molecule has 0 spiro atoms. The predicted octanol–water partition coefficient (Wildman–Crippen LogP) is 4.85. The summed E-state index contributed by atoms with van der Waals surface area (Å²) in [4.78, 5) is 19.6. The molecule has 5 rings (SSSR count). The molecule has 0 radical (unpaired) electrons. The minimum absolute atomic E-state index is 0.0104. The molecule has 1 aliphatic heterocycles. The van der Waals surface area contributed by atoms with Crippen LogP contribution in [-0.2, 0) is 25.8 Å². The molecule has 0 aromatic heterocycles. The van der Waals surface area contributed by atoms with E-state index < -0.39 is 15.9 Å². The SMILES string of the molecule is CN=C(N)NC(C(=O)Nc1ccccc1CCC1CNCC(CSc2ccc(S(C)(=O)=O)cc2)O1)C(c1ccccc1)c1ccccc1. The van der Waals surface area contributed by atoms with Gasteiger partial charge in [-0.1, -0.05) is 78.9 Å². The molecule has 0 aliphatic carbocycles. The van der Waals surface area contributed by atoms with E-state index in [0.29, 0.717) is 11.3 Å². The molecule has 5 N–H and O–H groups in total. The summed E-state index contributed by atoms with van der Waals surface area (Å²) < 4.78 is 30.0. The quantitative estimate of drug-likeness (QED) is 0.0893. The fraction of sp³-hybridized carbons (Fsp3) is 0.297. The average Bonchev–Trinajstić information content (AvgIpc) is 3.11. The van der Waals surface area contributed by atoms with Crippen molar-refractivity contribution in [3.05, 3.63) is 126 Å². The van der Waals surface area contributed by atoms with Crippen molar-refractivity contribution in [2.45, 2.75) is 46.8 Å². The number of morpholine rings is 1. The van der Waals surface area contributed by atoms with Crippen molar-refractivity contribution in [1.29, 1.82) is 0 Å². The third kappa shape index (κ3) is 9.70. The zero-order valence-electron chi connectivity index (χ0n) is 27.2. The zero-order chi connectivity index (χ0) is 33.9. The number of nitrogens with one attached hydrogen (secondary N) is 3. The highest BCUT2D eigenvalue weighted by Crippen LogP contribution is 2.30. The van der Waals surface area contributed by atoms with Gasteiger partial charge in [0, 0.05) is 48.6 Å². The van der Waals surface area contributed by atoms with Crippen LogP contribution >= 0.6 is 11.8 Å². The predicted molar refractivity (Wildman–Crippen MR) is 194 cm³/mol. The molecule has 9 nitrogen and oxygen atoms in total. The Kier molecular flexibility index (Phi) is 12.3. The molecule has 48 heavy (non-hydrogen) atoms. The van der Waals surface area contributed by atoms with Gasteiger partial charge in [-0.25, -0.2) is 8.42 Å². The summed E-state index contributed by atoms with van der Waals surface area (Å²) in [6.45, 7) is 1.50. The Bertz CT molecular complexity index is 1730. The number of hydrogen-bond acceptors (Lipinski definition) is 7. The highest BCUT2D eigenvalue weighted by Gasteiger charge is 2.32. The molecule has 3 atom stereocenters. The van der Waals surface area contributed by atoms with Gasteiger partial charge in [0.05, 0.1) is 17.1 Å². The van der Waals surface area contributed by atoms with E-state index >= 15 is 0 Å². The standard InChI is InChI=1S/C37H43N5O4S2/c1-39-37(38)42-35(34(27-12-5-3-6-13-27)28-14-7-4-8-15-28)36(43)41-33-16-10-9-11-26(33)17-18-29-23-40-24-30(46-29)25-47-31-19-21-32(22-20-31)48(2,44)45/h3-16,19-22,29-30,34-35,40H,17-18,23-25H2,1-2H3,(H,41,43)(H3,38,39,42). The van der Waals surface area contributed by atoms with Gasteiger partial charge in [-0.05, 0) is 59.9 Å². The van der Waals surface area contributed by atoms with Crippen LogP contribution in [0, 0.1) is 0 Å². The van der Waals surface area contributed by atoms with Crippen LogP contribution in [0.15, 0.2) is 124 Å². The third-order valence-corrected chi connectivity index (χ3v) is 10.6. The molecule has 1 aliphatic rings. The number of guanidine groups is 1. The number of ether oxygens (including phenoxy) is 1. The second kappa shape index (κ2) is 16.8. The molecule has 4 aromatic rings. The molecule has 11 heteroatoms. The number of carbonyl (C=O) groups excluding carboxylic acids is 1. The monoisotopic (exact) mass is 685 g/mol. The maximum absolute atomic E-state index is 14.2. The summed E-state index contributed by atoms with van der Waals surface area (Å²) in [5, 5.41) is 9.88. The van der Waals surface area contributed by atoms with E-state index in [-0.39, 0.29) is 30.0 Å². The maximum atomic E-state index is 14.2. The van der Waals surface area contributed by atoms with Gasteiger partial charge in [0.25, 0.3) is 0 Å². The van der Waals surface area contributed by atoms with E-state index in [2.05, 4.69) is 20.9 Å². The molecule has 0 bridgehead atoms. The van der Waals surface area contributed by atoms with E-state index in [1.165, 1.54) is 6.26 Å². The Balaban J connectivity index is 1.25. The number of rotatable bonds is 13. The van der Waals surface area contributed by atoms with Crippen molar-refractivity contribution in [2.75, 3.05) is 37.5 Å². The number of hydrogen-bond donors (Lipinski definition) is 4. The fourth-order valence-corrected chi connectivity index (χ4v) is 7.36. The lowest BCUT2D eigenvalue weighted by Gasteiger charge is -2.31. The first-order valence-electron chi connectivity index (χ1n) is 16.0. The van der Waals surface area contributed by atoms with Crippen LogP contribution in [0.2, 0.25) is 0 Å². The number of carbonyl (C=O) groups is 1. The first-order valence-corrected chi connectivity index (χ1v) is 18.9. The van der Waals surface area contributed by atoms with Crippen molar-refractivity contribution in [1.82, 2.24) is 10.6 Å². The summed E-state index contributed by atoms with van der Waals surface area (Å²) >= 11 is 1.65. The number of amides is 1. The molecule has 4 aromatic carbocycles. The van der Waals surface area contributed by atoms with Crippen molar-refractivity contribution in [3.63, 3.8) is 0 Å². The third-order valence-electron chi connectivity index (χ3n) is 8.31. The Morgan fingerprint density at radius 3 is 2.15 bits per heavy atom. The number of aliphatic imine (C=N–C) groups is 1. The number of benzene rings is 4. The summed E-state index contributed by atoms with van der Waals surface area (Å²) in [5.41, 5.74) is 9.89. The van der Waals surface area contributed by atoms with E-state index in [1.807, 2.05) is 97.1 Å². The lowest BCUT2D eigenvalue weighted by molar-refractivity contribution is -0.118. The summed E-state index contributed by atoms with van der Waals surface area (Å²) in [5.74, 6) is 0.385. The van der Waals surface area contributed by atoms with Crippen LogP contribution < -0.4 is 21.7 Å². The number of sulfone groups is 1. The minimum Gasteiger partial charge on any atom is -0.371 e. The van der Waals surface area contributed by atoms with Crippen molar-refractivity contribution >= 4 is 39.2 Å². The summed E-state index contributed by atoms with van der Waals surface area (Å²) in [7, 11) is -1.63. The topological polar surface area (TPSA) is 135 Å². The fourth-order valence-electron chi connectivity index (χ4n) is 5.82. The van der Waals surface area contributed by atoms with Gasteiger partial charge in [0.1, 0.15) is 6.04 Å². The maximum Gasteiger partial charge on any atom is 0.247 e. The van der Waals surface area contributed by atoms with Crippen LogP contribution in [-0.4, -0.2) is 70.7 Å². The number of para-hydroxylation sites is 1. The second-order valence-electron chi connectivity index (χ2n) is 11.8. The highest BCUT2D eigenvalue weighted by molar-refractivity contribution is 7.99. The van der Waals surface area contributed by atoms with Gasteiger partial charge in [0.2, 0.25) is 5.91 Å². The highest BCUT2D eigenvalue weighted by atomic mass is 32.2. The van der Waals surface area contributed by atoms with E-state index in [0.717, 1.165) is 52.5 Å². The molecular formula is C37H43N5O4S2. The van der Waals surface area contributed by atoms with Crippen LogP contribution in [0.4, 0.5) is 5.69 Å². The average molecular weight is 686 g/mol. The molecule has 1 fully saturated rings. The number of nitrogens with zero attached hydrogens (tertiary/aromatic N) is 1. The number of anilines is 1. The molecule has 3 unspecified atom stereocenters. The number of thioether (sulfide) groups is 1. The first-order chi connectivity index (χ1) is 23.2. The summed E-state index contributed by atoms with van der Waals surface area (Å²) in [6.07, 6.45) is 2.73. The van der Waals surface area contributed by atoms with Gasteiger partial charge >= 0.3 is 0 Å². The molecule has 252 valence electrons. The molecule has 0 saturated carbocycles. The van der Waals surface area contributed by atoms with Gasteiger partial charge in [-0.2, -0.15) is 0 Å². The van der Waals surface area contributed by atoms with Gasteiger partial charge in [-0.3, -0.25) is 9.79 Å². The normalized spacial score (nSPS) is 17.5. The largest absolute Gasteiger partial charge is 0.371 e.